The summed E-state index contributed by atoms with van der Waals surface area (Å²) in [6.07, 6.45) is 9.93. The van der Waals surface area contributed by atoms with Crippen LogP contribution in [0.4, 0.5) is 8.78 Å². The van der Waals surface area contributed by atoms with E-state index in [-0.39, 0.29) is 17.0 Å². The highest BCUT2D eigenvalue weighted by molar-refractivity contribution is 7.97. The van der Waals surface area contributed by atoms with Crippen LogP contribution < -0.4 is 0 Å². The first-order valence-corrected chi connectivity index (χ1v) is 15.1. The normalized spacial score (nSPS) is 20.3. The van der Waals surface area contributed by atoms with Gasteiger partial charge in [0.2, 0.25) is 0 Å². The maximum absolute atomic E-state index is 12.8. The van der Waals surface area contributed by atoms with Crippen molar-refractivity contribution in [1.29, 1.82) is 0 Å². The molecule has 2 aliphatic carbocycles. The van der Waals surface area contributed by atoms with Crippen LogP contribution in [-0.2, 0) is 20.4 Å². The summed E-state index contributed by atoms with van der Waals surface area (Å²) in [6.45, 7) is 0.600. The predicted molar refractivity (Wildman–Crippen MR) is 151 cm³/mol. The summed E-state index contributed by atoms with van der Waals surface area (Å²) < 4.78 is 30.4. The van der Waals surface area contributed by atoms with Crippen LogP contribution in [0.15, 0.2) is 106 Å². The van der Waals surface area contributed by atoms with Crippen molar-refractivity contribution in [2.75, 3.05) is 0 Å². The highest BCUT2D eigenvalue weighted by atomic mass is 32.2. The number of hydrogen-bond acceptors (Lipinski definition) is 2. The lowest BCUT2D eigenvalue weighted by Gasteiger charge is -2.35. The Bertz CT molecular complexity index is 994. The van der Waals surface area contributed by atoms with Crippen molar-refractivity contribution in [3.8, 4) is 0 Å². The molecule has 0 N–H and O–H groups in total. The molecule has 0 aromatic heterocycles. The van der Waals surface area contributed by atoms with Crippen LogP contribution in [0.25, 0.3) is 0 Å². The number of carbonyl (C=O) groups is 1. The molecule has 0 spiro atoms. The Morgan fingerprint density at radius 2 is 1.05 bits per heavy atom. The Kier molecular flexibility index (Phi) is 10.4. The molecule has 0 bridgehead atoms. The Morgan fingerprint density at radius 3 is 1.45 bits per heavy atom. The monoisotopic (exact) mass is 537 g/mol. The number of benzene rings is 3. The van der Waals surface area contributed by atoms with Gasteiger partial charge in [0.15, 0.2) is 14.7 Å². The number of rotatable bonds is 6. The Balaban J connectivity index is 0.000000177. The van der Waals surface area contributed by atoms with Gasteiger partial charge in [0.25, 0.3) is 0 Å². The summed E-state index contributed by atoms with van der Waals surface area (Å²) in [5, 5.41) is 0. The third-order valence-corrected chi connectivity index (χ3v) is 9.83. The van der Waals surface area contributed by atoms with E-state index >= 15 is 0 Å². The van der Waals surface area contributed by atoms with Gasteiger partial charge in [-0.3, -0.25) is 0 Å². The number of alkyl halides is 2. The van der Waals surface area contributed by atoms with Gasteiger partial charge in [-0.15, -0.1) is 0 Å². The molecule has 2 fully saturated rings. The van der Waals surface area contributed by atoms with Crippen molar-refractivity contribution in [3.63, 3.8) is 0 Å². The van der Waals surface area contributed by atoms with Crippen LogP contribution in [0, 0.1) is 11.8 Å². The summed E-state index contributed by atoms with van der Waals surface area (Å²) >= 11 is 0. The van der Waals surface area contributed by atoms with Crippen LogP contribution in [0.1, 0.15) is 64.7 Å². The summed E-state index contributed by atoms with van der Waals surface area (Å²) in [7, 11) is -0.0146. The molecule has 0 saturated heterocycles. The van der Waals surface area contributed by atoms with Gasteiger partial charge in [-0.2, -0.15) is 8.78 Å². The van der Waals surface area contributed by atoms with E-state index in [9.17, 15) is 13.6 Å². The summed E-state index contributed by atoms with van der Waals surface area (Å²) in [4.78, 5) is 15.2. The van der Waals surface area contributed by atoms with Crippen LogP contribution in [-0.4, -0.2) is 18.0 Å². The molecule has 5 rings (SSSR count). The molecule has 2 saturated carbocycles. The molecule has 3 aromatic carbocycles. The second kappa shape index (κ2) is 13.9. The number of carbonyl (C=O) groups excluding carboxylic acids is 1. The number of esters is 1. The third-order valence-electron chi connectivity index (χ3n) is 7.60. The van der Waals surface area contributed by atoms with E-state index in [0.29, 0.717) is 6.92 Å². The molecule has 0 unspecified atom stereocenters. The van der Waals surface area contributed by atoms with Crippen molar-refractivity contribution < 1.29 is 18.3 Å². The molecule has 2 nitrogen and oxygen atoms in total. The molecule has 0 radical (unpaired) electrons. The first-order valence-electron chi connectivity index (χ1n) is 13.9. The zero-order chi connectivity index (χ0) is 26.8. The van der Waals surface area contributed by atoms with Crippen LogP contribution in [0.5, 0.6) is 0 Å². The highest BCUT2D eigenvalue weighted by Gasteiger charge is 2.37. The molecule has 2 aliphatic rings. The van der Waals surface area contributed by atoms with Crippen molar-refractivity contribution in [2.24, 2.45) is 11.8 Å². The first kappa shape index (κ1) is 28.4. The van der Waals surface area contributed by atoms with E-state index in [1.54, 1.807) is 0 Å². The fraction of sp³-hybridized carbons (Fsp3) is 0.424. The minimum absolute atomic E-state index is 0.0146. The molecule has 202 valence electrons. The largest absolute Gasteiger partial charge is 0.458 e. The number of halogens is 2. The van der Waals surface area contributed by atoms with Gasteiger partial charge in [-0.05, 0) is 73.9 Å². The summed E-state index contributed by atoms with van der Waals surface area (Å²) in [6, 6.07) is 32.2. The van der Waals surface area contributed by atoms with Crippen LogP contribution in [0.2, 0.25) is 0 Å². The van der Waals surface area contributed by atoms with E-state index in [1.807, 2.05) is 0 Å². The molecule has 0 heterocycles. The maximum atomic E-state index is 12.8. The SMILES string of the molecule is CC(F)(F)C(=O)OC1CCC(C2CCCCC2)CC1.c1ccc([S+](c2ccccc2)c2ccccc2)cc1. The zero-order valence-corrected chi connectivity index (χ0v) is 23.1. The second-order valence-corrected chi connectivity index (χ2v) is 12.5. The van der Waals surface area contributed by atoms with Gasteiger partial charge in [-0.25, -0.2) is 4.79 Å². The zero-order valence-electron chi connectivity index (χ0n) is 22.2. The predicted octanol–water partition coefficient (Wildman–Crippen LogP) is 9.11. The van der Waals surface area contributed by atoms with Crippen molar-refractivity contribution >= 4 is 16.9 Å². The van der Waals surface area contributed by atoms with Gasteiger partial charge in [-0.1, -0.05) is 86.7 Å². The molecule has 5 heteroatoms. The van der Waals surface area contributed by atoms with Crippen LogP contribution >= 0.6 is 0 Å². The molecule has 0 amide bonds. The molecular weight excluding hydrogens is 498 g/mol. The summed E-state index contributed by atoms with van der Waals surface area (Å²) in [5.74, 6) is -3.19. The van der Waals surface area contributed by atoms with Gasteiger partial charge >= 0.3 is 11.9 Å². The van der Waals surface area contributed by atoms with Crippen molar-refractivity contribution in [2.45, 2.75) is 91.4 Å². The lowest BCUT2D eigenvalue weighted by molar-refractivity contribution is -0.177. The quantitative estimate of drug-likeness (QED) is 0.231. The van der Waals surface area contributed by atoms with Crippen LogP contribution in [0.3, 0.4) is 0 Å². The standard InChI is InChI=1S/C18H15S.C15H24F2O2/c1-4-10-16(11-5-1)19(17-12-6-2-7-13-17)18-14-8-3-9-15-18;1-15(16,17)14(18)19-13-9-7-12(8-10-13)11-5-3-2-4-6-11/h1-15H;11-13H,2-10H2,1H3/q+1;. The smallest absolute Gasteiger partial charge is 0.376 e. The number of hydrogen-bond donors (Lipinski definition) is 0. The van der Waals surface area contributed by atoms with E-state index in [1.165, 1.54) is 46.8 Å². The molecule has 0 aliphatic heterocycles. The maximum Gasteiger partial charge on any atom is 0.376 e. The van der Waals surface area contributed by atoms with Crippen molar-refractivity contribution in [1.82, 2.24) is 0 Å². The molecule has 0 atom stereocenters. The topological polar surface area (TPSA) is 26.3 Å². The first-order chi connectivity index (χ1) is 18.4. The highest BCUT2D eigenvalue weighted by Crippen LogP contribution is 2.39. The van der Waals surface area contributed by atoms with Gasteiger partial charge in [0, 0.05) is 6.92 Å². The Hall–Kier alpha value is -2.66. The van der Waals surface area contributed by atoms with E-state index in [0.717, 1.165) is 37.5 Å². The average molecular weight is 538 g/mol. The third kappa shape index (κ3) is 8.17. The Labute approximate surface area is 229 Å². The summed E-state index contributed by atoms with van der Waals surface area (Å²) in [5.41, 5.74) is 0. The minimum atomic E-state index is -3.36. The molecule has 3 aromatic rings. The minimum Gasteiger partial charge on any atom is -0.458 e. The van der Waals surface area contributed by atoms with E-state index in [2.05, 4.69) is 91.0 Å². The van der Waals surface area contributed by atoms with Crippen molar-refractivity contribution in [3.05, 3.63) is 91.0 Å². The molecule has 38 heavy (non-hydrogen) atoms. The lowest BCUT2D eigenvalue weighted by Crippen LogP contribution is -2.34. The lowest BCUT2D eigenvalue weighted by atomic mass is 9.73. The van der Waals surface area contributed by atoms with Gasteiger partial charge in [0.05, 0.1) is 10.9 Å². The van der Waals surface area contributed by atoms with E-state index < -0.39 is 11.9 Å². The van der Waals surface area contributed by atoms with Gasteiger partial charge in [0.1, 0.15) is 6.10 Å². The Morgan fingerprint density at radius 1 is 0.658 bits per heavy atom. The van der Waals surface area contributed by atoms with E-state index in [4.69, 9.17) is 4.74 Å². The second-order valence-electron chi connectivity index (χ2n) is 10.5. The number of ether oxygens (including phenoxy) is 1. The average Bonchev–Trinajstić information content (AvgIpc) is 2.96. The molecular formula is C33H39F2O2S+. The van der Waals surface area contributed by atoms with Gasteiger partial charge < -0.3 is 4.74 Å². The fourth-order valence-electron chi connectivity index (χ4n) is 5.62. The fourth-order valence-corrected chi connectivity index (χ4v) is 7.72.